The largest absolute Gasteiger partial charge is 0.357 e. The van der Waals surface area contributed by atoms with Gasteiger partial charge in [0.15, 0.2) is 0 Å². The van der Waals surface area contributed by atoms with Crippen molar-refractivity contribution in [2.24, 2.45) is 0 Å². The molecule has 12 heavy (non-hydrogen) atoms. The van der Waals surface area contributed by atoms with E-state index in [-0.39, 0.29) is 0 Å². The van der Waals surface area contributed by atoms with Crippen molar-refractivity contribution in [2.75, 3.05) is 18.0 Å². The maximum atomic E-state index is 4.32. The molecule has 0 amide bonds. The predicted octanol–water partition coefficient (Wildman–Crippen LogP) is 1.86. The van der Waals surface area contributed by atoms with E-state index in [1.165, 1.54) is 12.8 Å². The molecule has 1 aromatic rings. The molecule has 1 aliphatic heterocycles. The first-order valence-corrected chi connectivity index (χ1v) is 4.39. The van der Waals surface area contributed by atoms with E-state index in [0.717, 1.165) is 24.5 Å². The number of anilines is 1. The van der Waals surface area contributed by atoms with Crippen LogP contribution >= 0.6 is 0 Å². The minimum atomic E-state index is 0.984. The summed E-state index contributed by atoms with van der Waals surface area (Å²) in [7, 11) is 0. The van der Waals surface area contributed by atoms with Gasteiger partial charge in [-0.1, -0.05) is 6.07 Å². The van der Waals surface area contributed by atoms with Crippen LogP contribution in [0, 0.1) is 6.92 Å². The molecular weight excluding hydrogens is 148 g/mol. The fraction of sp³-hybridized carbons (Fsp3) is 0.400. The summed E-state index contributed by atoms with van der Waals surface area (Å²) in [6.07, 6.45) is 4.43. The lowest BCUT2D eigenvalue weighted by molar-refractivity contribution is 0.937. The lowest BCUT2D eigenvalue weighted by Gasteiger charge is -2.15. The summed E-state index contributed by atoms with van der Waals surface area (Å²) in [6.45, 7) is 6.12. The number of hydrogen-bond acceptors (Lipinski definition) is 2. The van der Waals surface area contributed by atoms with Gasteiger partial charge in [0.05, 0.1) is 0 Å². The molecule has 1 aromatic heterocycles. The molecule has 0 bridgehead atoms. The number of aromatic nitrogens is 1. The number of hydrogen-bond donors (Lipinski definition) is 0. The summed E-state index contributed by atoms with van der Waals surface area (Å²) >= 11 is 0. The fourth-order valence-corrected chi connectivity index (χ4v) is 1.55. The third-order valence-electron chi connectivity index (χ3n) is 2.24. The van der Waals surface area contributed by atoms with Gasteiger partial charge in [0.25, 0.3) is 0 Å². The Morgan fingerprint density at radius 2 is 2.00 bits per heavy atom. The van der Waals surface area contributed by atoms with Crippen LogP contribution in [-0.4, -0.2) is 18.1 Å². The van der Waals surface area contributed by atoms with Crippen LogP contribution in [0.1, 0.15) is 18.4 Å². The van der Waals surface area contributed by atoms with Crippen LogP contribution in [0.3, 0.4) is 0 Å². The molecule has 2 heterocycles. The van der Waals surface area contributed by atoms with Crippen LogP contribution in [0.4, 0.5) is 5.82 Å². The highest BCUT2D eigenvalue weighted by Gasteiger charge is 2.12. The molecule has 0 atom stereocenters. The van der Waals surface area contributed by atoms with Crippen molar-refractivity contribution in [1.29, 1.82) is 0 Å². The van der Waals surface area contributed by atoms with Gasteiger partial charge in [0, 0.05) is 19.3 Å². The van der Waals surface area contributed by atoms with E-state index in [1.807, 2.05) is 18.3 Å². The monoisotopic (exact) mass is 161 g/mol. The lowest BCUT2D eigenvalue weighted by Crippen LogP contribution is -2.18. The summed E-state index contributed by atoms with van der Waals surface area (Å²) in [6, 6.07) is 4.06. The Bertz CT molecular complexity index is 247. The molecule has 2 rings (SSSR count). The third kappa shape index (κ3) is 1.42. The summed E-state index contributed by atoms with van der Waals surface area (Å²) in [5.41, 5.74) is 0.984. The molecule has 2 nitrogen and oxygen atoms in total. The van der Waals surface area contributed by atoms with Gasteiger partial charge in [0.1, 0.15) is 5.82 Å². The summed E-state index contributed by atoms with van der Waals surface area (Å²) < 4.78 is 0. The van der Waals surface area contributed by atoms with Crippen molar-refractivity contribution in [3.63, 3.8) is 0 Å². The van der Waals surface area contributed by atoms with Gasteiger partial charge in [-0.3, -0.25) is 0 Å². The van der Waals surface area contributed by atoms with Gasteiger partial charge < -0.3 is 4.90 Å². The average molecular weight is 161 g/mol. The first-order valence-electron chi connectivity index (χ1n) is 4.39. The number of rotatable bonds is 1. The summed E-state index contributed by atoms with van der Waals surface area (Å²) in [5, 5.41) is 0. The molecule has 0 aliphatic carbocycles. The number of nitrogens with zero attached hydrogens (tertiary/aromatic N) is 2. The fourth-order valence-electron chi connectivity index (χ4n) is 1.55. The van der Waals surface area contributed by atoms with Gasteiger partial charge in [-0.15, -0.1) is 0 Å². The second-order valence-electron chi connectivity index (χ2n) is 3.22. The first kappa shape index (κ1) is 7.59. The smallest absolute Gasteiger partial charge is 0.128 e. The van der Waals surface area contributed by atoms with Crippen LogP contribution in [0.5, 0.6) is 0 Å². The molecule has 63 valence electrons. The highest BCUT2D eigenvalue weighted by molar-refractivity contribution is 5.40. The maximum absolute atomic E-state index is 4.32. The van der Waals surface area contributed by atoms with E-state index >= 15 is 0 Å². The molecule has 1 radical (unpaired) electrons. The van der Waals surface area contributed by atoms with E-state index in [0.29, 0.717) is 0 Å². The Balaban J connectivity index is 2.17. The Morgan fingerprint density at radius 1 is 1.25 bits per heavy atom. The third-order valence-corrected chi connectivity index (χ3v) is 2.24. The Kier molecular flexibility index (Phi) is 1.98. The van der Waals surface area contributed by atoms with E-state index < -0.39 is 0 Å². The SMILES string of the molecule is [CH2]c1ccc(N2CCCC2)nc1. The minimum absolute atomic E-state index is 0.984. The van der Waals surface area contributed by atoms with Crippen molar-refractivity contribution in [3.05, 3.63) is 30.8 Å². The van der Waals surface area contributed by atoms with E-state index in [9.17, 15) is 0 Å². The van der Waals surface area contributed by atoms with Crippen LogP contribution in [-0.2, 0) is 0 Å². The molecule has 0 saturated carbocycles. The Hall–Kier alpha value is -1.05. The molecule has 0 aromatic carbocycles. The first-order chi connectivity index (χ1) is 5.86. The van der Waals surface area contributed by atoms with Gasteiger partial charge in [-0.2, -0.15) is 0 Å². The van der Waals surface area contributed by atoms with Gasteiger partial charge in [0.2, 0.25) is 0 Å². The summed E-state index contributed by atoms with van der Waals surface area (Å²) in [4.78, 5) is 6.64. The van der Waals surface area contributed by atoms with Gasteiger partial charge >= 0.3 is 0 Å². The lowest BCUT2D eigenvalue weighted by atomic mass is 10.3. The molecule has 0 N–H and O–H groups in total. The minimum Gasteiger partial charge on any atom is -0.357 e. The topological polar surface area (TPSA) is 16.1 Å². The van der Waals surface area contributed by atoms with E-state index in [2.05, 4.69) is 16.8 Å². The predicted molar refractivity (Wildman–Crippen MR) is 50.1 cm³/mol. The van der Waals surface area contributed by atoms with Crippen molar-refractivity contribution < 1.29 is 0 Å². The van der Waals surface area contributed by atoms with Gasteiger partial charge in [-0.05, 0) is 31.4 Å². The highest BCUT2D eigenvalue weighted by atomic mass is 15.2. The second kappa shape index (κ2) is 3.13. The molecule has 1 saturated heterocycles. The van der Waals surface area contributed by atoms with Crippen molar-refractivity contribution in [3.8, 4) is 0 Å². The molecule has 1 fully saturated rings. The van der Waals surface area contributed by atoms with Crippen LogP contribution in [0.15, 0.2) is 18.3 Å². The zero-order valence-corrected chi connectivity index (χ0v) is 7.16. The molecule has 0 spiro atoms. The number of pyridine rings is 1. The van der Waals surface area contributed by atoms with Crippen LogP contribution < -0.4 is 4.90 Å². The maximum Gasteiger partial charge on any atom is 0.128 e. The van der Waals surface area contributed by atoms with Crippen molar-refractivity contribution >= 4 is 5.82 Å². The van der Waals surface area contributed by atoms with Gasteiger partial charge in [-0.25, -0.2) is 4.98 Å². The zero-order chi connectivity index (χ0) is 8.39. The summed E-state index contributed by atoms with van der Waals surface area (Å²) in [5.74, 6) is 1.10. The zero-order valence-electron chi connectivity index (χ0n) is 7.16. The molecule has 0 unspecified atom stereocenters. The van der Waals surface area contributed by atoms with Crippen LogP contribution in [0.2, 0.25) is 0 Å². The van der Waals surface area contributed by atoms with Crippen molar-refractivity contribution in [1.82, 2.24) is 4.98 Å². The highest BCUT2D eigenvalue weighted by Crippen LogP contribution is 2.16. The van der Waals surface area contributed by atoms with E-state index in [4.69, 9.17) is 0 Å². The Morgan fingerprint density at radius 3 is 2.58 bits per heavy atom. The van der Waals surface area contributed by atoms with Crippen molar-refractivity contribution in [2.45, 2.75) is 12.8 Å². The standard InChI is InChI=1S/C10H13N2/c1-9-4-5-10(11-8-9)12-6-2-3-7-12/h4-5,8H,1-3,6-7H2. The molecule has 2 heteroatoms. The quantitative estimate of drug-likeness (QED) is 0.625. The van der Waals surface area contributed by atoms with Crippen LogP contribution in [0.25, 0.3) is 0 Å². The molecule has 1 aliphatic rings. The average Bonchev–Trinajstić information content (AvgIpc) is 2.58. The molecular formula is C10H13N2. The Labute approximate surface area is 73.2 Å². The normalized spacial score (nSPS) is 16.9. The second-order valence-corrected chi connectivity index (χ2v) is 3.22. The van der Waals surface area contributed by atoms with E-state index in [1.54, 1.807) is 0 Å².